The second-order valence-electron chi connectivity index (χ2n) is 5.36. The Balaban J connectivity index is 1.95. The minimum absolute atomic E-state index is 0.0157. The molecule has 0 saturated heterocycles. The first-order valence-corrected chi connectivity index (χ1v) is 8.32. The van der Waals surface area contributed by atoms with Crippen LogP contribution in [0.1, 0.15) is 24.0 Å². The highest BCUT2D eigenvalue weighted by Gasteiger charge is 2.31. The number of para-hydroxylation sites is 1. The Morgan fingerprint density at radius 1 is 1.26 bits per heavy atom. The SMILES string of the molecule is CCOc1cccc(C[C@H]2C(=O)Nc3ccc(Br)cc32)c1OC. The van der Waals surface area contributed by atoms with Gasteiger partial charge in [-0.2, -0.15) is 0 Å². The van der Waals surface area contributed by atoms with Crippen LogP contribution in [0.2, 0.25) is 0 Å². The van der Waals surface area contributed by atoms with Crippen molar-refractivity contribution in [2.45, 2.75) is 19.3 Å². The molecule has 0 unspecified atom stereocenters. The fourth-order valence-corrected chi connectivity index (χ4v) is 3.32. The van der Waals surface area contributed by atoms with Crippen molar-refractivity contribution in [3.8, 4) is 11.5 Å². The first-order valence-electron chi connectivity index (χ1n) is 7.53. The van der Waals surface area contributed by atoms with Crippen molar-refractivity contribution < 1.29 is 14.3 Å². The Morgan fingerprint density at radius 2 is 2.09 bits per heavy atom. The first-order chi connectivity index (χ1) is 11.1. The van der Waals surface area contributed by atoms with Crippen LogP contribution in [0.25, 0.3) is 0 Å². The average Bonchev–Trinajstić information content (AvgIpc) is 2.84. The molecule has 1 amide bonds. The van der Waals surface area contributed by atoms with Crippen LogP contribution >= 0.6 is 15.9 Å². The monoisotopic (exact) mass is 375 g/mol. The van der Waals surface area contributed by atoms with Gasteiger partial charge in [0.2, 0.25) is 5.91 Å². The fraction of sp³-hybridized carbons (Fsp3) is 0.278. The Hall–Kier alpha value is -2.01. The van der Waals surface area contributed by atoms with Gasteiger partial charge in [-0.3, -0.25) is 4.79 Å². The van der Waals surface area contributed by atoms with Crippen LogP contribution in [0.5, 0.6) is 11.5 Å². The number of rotatable bonds is 5. The van der Waals surface area contributed by atoms with Crippen LogP contribution in [-0.2, 0) is 11.2 Å². The van der Waals surface area contributed by atoms with Crippen LogP contribution in [0.4, 0.5) is 5.69 Å². The summed E-state index contributed by atoms with van der Waals surface area (Å²) in [6, 6.07) is 11.6. The van der Waals surface area contributed by atoms with E-state index in [0.29, 0.717) is 24.5 Å². The number of carbonyl (C=O) groups is 1. The second-order valence-corrected chi connectivity index (χ2v) is 6.27. The molecule has 0 radical (unpaired) electrons. The van der Waals surface area contributed by atoms with Crippen molar-refractivity contribution in [2.75, 3.05) is 19.0 Å². The maximum Gasteiger partial charge on any atom is 0.232 e. The fourth-order valence-electron chi connectivity index (χ4n) is 2.94. The van der Waals surface area contributed by atoms with Crippen molar-refractivity contribution in [3.63, 3.8) is 0 Å². The maximum absolute atomic E-state index is 12.4. The van der Waals surface area contributed by atoms with Crippen LogP contribution in [0.15, 0.2) is 40.9 Å². The number of fused-ring (bicyclic) bond motifs is 1. The summed E-state index contributed by atoms with van der Waals surface area (Å²) < 4.78 is 12.1. The largest absolute Gasteiger partial charge is 0.493 e. The van der Waals surface area contributed by atoms with Gasteiger partial charge in [-0.15, -0.1) is 0 Å². The summed E-state index contributed by atoms with van der Waals surface area (Å²) in [6.45, 7) is 2.50. The van der Waals surface area contributed by atoms with Gasteiger partial charge in [-0.1, -0.05) is 28.1 Å². The van der Waals surface area contributed by atoms with Crippen molar-refractivity contribution in [3.05, 3.63) is 52.0 Å². The summed E-state index contributed by atoms with van der Waals surface area (Å²) in [5.41, 5.74) is 2.85. The zero-order chi connectivity index (χ0) is 16.4. The Labute approximate surface area is 143 Å². The Bertz CT molecular complexity index is 745. The van der Waals surface area contributed by atoms with Crippen molar-refractivity contribution in [1.82, 2.24) is 0 Å². The molecular formula is C18H18BrNO3. The topological polar surface area (TPSA) is 47.6 Å². The lowest BCUT2D eigenvalue weighted by molar-refractivity contribution is -0.117. The summed E-state index contributed by atoms with van der Waals surface area (Å²) in [5, 5.41) is 2.94. The summed E-state index contributed by atoms with van der Waals surface area (Å²) in [6.07, 6.45) is 0.569. The third-order valence-corrected chi connectivity index (χ3v) is 4.45. The van der Waals surface area contributed by atoms with Gasteiger partial charge in [0.1, 0.15) is 0 Å². The lowest BCUT2D eigenvalue weighted by Crippen LogP contribution is -2.15. The molecule has 0 spiro atoms. The molecule has 0 aliphatic carbocycles. The number of anilines is 1. The number of amides is 1. The second kappa shape index (κ2) is 6.62. The highest BCUT2D eigenvalue weighted by Crippen LogP contribution is 2.40. The molecule has 120 valence electrons. The smallest absolute Gasteiger partial charge is 0.232 e. The standard InChI is InChI=1S/C18H18BrNO3/c1-3-23-16-6-4-5-11(17(16)22-2)9-14-13-10-12(19)7-8-15(13)20-18(14)21/h4-8,10,14H,3,9H2,1-2H3,(H,20,21)/t14-/m1/s1. The molecule has 0 fully saturated rings. The van der Waals surface area contributed by atoms with Crippen molar-refractivity contribution in [1.29, 1.82) is 0 Å². The lowest BCUT2D eigenvalue weighted by atomic mass is 9.92. The zero-order valence-corrected chi connectivity index (χ0v) is 14.6. The number of nitrogens with one attached hydrogen (secondary N) is 1. The predicted molar refractivity (Wildman–Crippen MR) is 93.4 cm³/mol. The third kappa shape index (κ3) is 3.06. The van der Waals surface area contributed by atoms with Crippen LogP contribution in [-0.4, -0.2) is 19.6 Å². The number of methoxy groups -OCH3 is 1. The predicted octanol–water partition coefficient (Wildman–Crippen LogP) is 4.13. The van der Waals surface area contributed by atoms with Gasteiger partial charge in [0.05, 0.1) is 19.6 Å². The molecule has 1 aliphatic heterocycles. The van der Waals surface area contributed by atoms with Crippen LogP contribution in [0.3, 0.4) is 0 Å². The van der Waals surface area contributed by atoms with Crippen LogP contribution in [0, 0.1) is 0 Å². The van der Waals surface area contributed by atoms with E-state index in [0.717, 1.165) is 21.3 Å². The van der Waals surface area contributed by atoms with Gasteiger partial charge in [0.15, 0.2) is 11.5 Å². The minimum atomic E-state index is -0.228. The van der Waals surface area contributed by atoms with E-state index in [2.05, 4.69) is 21.2 Å². The van der Waals surface area contributed by atoms with Gasteiger partial charge >= 0.3 is 0 Å². The molecule has 1 aliphatic rings. The van der Waals surface area contributed by atoms with E-state index in [4.69, 9.17) is 9.47 Å². The summed E-state index contributed by atoms with van der Waals surface area (Å²) in [5.74, 6) is 1.20. The third-order valence-electron chi connectivity index (χ3n) is 3.95. The van der Waals surface area contributed by atoms with E-state index in [1.165, 1.54) is 0 Å². The van der Waals surface area contributed by atoms with E-state index in [-0.39, 0.29) is 11.8 Å². The molecule has 2 aromatic carbocycles. The minimum Gasteiger partial charge on any atom is -0.493 e. The maximum atomic E-state index is 12.4. The van der Waals surface area contributed by atoms with E-state index < -0.39 is 0 Å². The first kappa shape index (κ1) is 15.9. The van der Waals surface area contributed by atoms with Crippen LogP contribution < -0.4 is 14.8 Å². The quantitative estimate of drug-likeness (QED) is 0.854. The van der Waals surface area contributed by atoms with E-state index in [1.807, 2.05) is 43.3 Å². The molecule has 4 nitrogen and oxygen atoms in total. The van der Waals surface area contributed by atoms with Gasteiger partial charge in [-0.25, -0.2) is 0 Å². The number of halogens is 1. The van der Waals surface area contributed by atoms with Gasteiger partial charge in [-0.05, 0) is 48.7 Å². The molecule has 5 heteroatoms. The summed E-state index contributed by atoms with van der Waals surface area (Å²) in [4.78, 5) is 12.4. The number of carbonyl (C=O) groups excluding carboxylic acids is 1. The lowest BCUT2D eigenvalue weighted by Gasteiger charge is -2.16. The number of benzene rings is 2. The molecule has 3 rings (SSSR count). The van der Waals surface area contributed by atoms with Crippen molar-refractivity contribution in [2.24, 2.45) is 0 Å². The molecule has 2 aromatic rings. The Morgan fingerprint density at radius 3 is 2.83 bits per heavy atom. The molecule has 23 heavy (non-hydrogen) atoms. The average molecular weight is 376 g/mol. The molecular weight excluding hydrogens is 358 g/mol. The zero-order valence-electron chi connectivity index (χ0n) is 13.1. The molecule has 1 atom stereocenters. The number of hydrogen-bond acceptors (Lipinski definition) is 3. The Kier molecular flexibility index (Phi) is 4.57. The molecule has 1 heterocycles. The summed E-state index contributed by atoms with van der Waals surface area (Å²) in [7, 11) is 1.63. The normalized spacial score (nSPS) is 16.0. The highest BCUT2D eigenvalue weighted by molar-refractivity contribution is 9.10. The summed E-state index contributed by atoms with van der Waals surface area (Å²) >= 11 is 3.47. The molecule has 0 aromatic heterocycles. The van der Waals surface area contributed by atoms with Gasteiger partial charge in [0, 0.05) is 10.2 Å². The van der Waals surface area contributed by atoms with Gasteiger partial charge in [0.25, 0.3) is 0 Å². The molecule has 1 N–H and O–H groups in total. The van der Waals surface area contributed by atoms with E-state index in [9.17, 15) is 4.79 Å². The van der Waals surface area contributed by atoms with Crippen molar-refractivity contribution >= 4 is 27.5 Å². The van der Waals surface area contributed by atoms with Gasteiger partial charge < -0.3 is 14.8 Å². The molecule has 0 saturated carbocycles. The number of ether oxygens (including phenoxy) is 2. The highest BCUT2D eigenvalue weighted by atomic mass is 79.9. The molecule has 0 bridgehead atoms. The van der Waals surface area contributed by atoms with E-state index in [1.54, 1.807) is 7.11 Å². The van der Waals surface area contributed by atoms with E-state index >= 15 is 0 Å². The number of hydrogen-bond donors (Lipinski definition) is 1.